The Morgan fingerprint density at radius 3 is 2.50 bits per heavy atom. The Morgan fingerprint density at radius 1 is 1.15 bits per heavy atom. The van der Waals surface area contributed by atoms with E-state index in [1.165, 1.54) is 0 Å². The topological polar surface area (TPSA) is 30.8 Å². The van der Waals surface area contributed by atoms with Crippen molar-refractivity contribution in [3.05, 3.63) is 52.5 Å². The fourth-order valence-corrected chi connectivity index (χ4v) is 2.20. The highest BCUT2D eigenvalue weighted by Gasteiger charge is 2.00. The molecule has 20 heavy (non-hydrogen) atoms. The summed E-state index contributed by atoms with van der Waals surface area (Å²) < 4.78 is 11.5. The molecular weight excluding hydrogens is 318 g/mol. The molecule has 104 valence electrons. The van der Waals surface area contributed by atoms with Crippen molar-refractivity contribution in [1.29, 1.82) is 0 Å². The van der Waals surface area contributed by atoms with Crippen molar-refractivity contribution >= 4 is 27.8 Å². The summed E-state index contributed by atoms with van der Waals surface area (Å²) in [6, 6.07) is 13.5. The summed E-state index contributed by atoms with van der Waals surface area (Å²) in [5.41, 5.74) is 1.90. The highest BCUT2D eigenvalue weighted by atomic mass is 79.9. The molecule has 0 saturated carbocycles. The fraction of sp³-hybridized carbons (Fsp3) is 0.188. The van der Waals surface area contributed by atoms with Gasteiger partial charge >= 0.3 is 0 Å². The highest BCUT2D eigenvalue weighted by molar-refractivity contribution is 9.10. The third-order valence-corrected chi connectivity index (χ3v) is 3.31. The number of hydrogen-bond acceptors (Lipinski definition) is 3. The Balaban J connectivity index is 2.12. The van der Waals surface area contributed by atoms with Crippen LogP contribution in [0.3, 0.4) is 0 Å². The minimum Gasteiger partial charge on any atom is -0.497 e. The Morgan fingerprint density at radius 2 is 1.90 bits per heavy atom. The van der Waals surface area contributed by atoms with Gasteiger partial charge in [0.2, 0.25) is 0 Å². The number of aliphatic imine (C=N–C) groups is 1. The maximum atomic E-state index is 5.47. The second-order valence-electron chi connectivity index (χ2n) is 4.08. The van der Waals surface area contributed by atoms with Crippen LogP contribution in [0.25, 0.3) is 0 Å². The summed E-state index contributed by atoms with van der Waals surface area (Å²) in [5.74, 6) is 1.67. The zero-order valence-corrected chi connectivity index (χ0v) is 13.1. The summed E-state index contributed by atoms with van der Waals surface area (Å²) in [5, 5.41) is 0. The van der Waals surface area contributed by atoms with Crippen LogP contribution in [0.1, 0.15) is 12.5 Å². The van der Waals surface area contributed by atoms with Crippen molar-refractivity contribution in [3.8, 4) is 11.5 Å². The molecule has 4 heteroatoms. The molecule has 0 fully saturated rings. The van der Waals surface area contributed by atoms with E-state index in [-0.39, 0.29) is 0 Å². The largest absolute Gasteiger partial charge is 0.497 e. The lowest BCUT2D eigenvalue weighted by atomic mass is 10.2. The van der Waals surface area contributed by atoms with E-state index < -0.39 is 0 Å². The number of hydrogen-bond donors (Lipinski definition) is 0. The first-order valence-corrected chi connectivity index (χ1v) is 7.12. The van der Waals surface area contributed by atoms with E-state index in [0.717, 1.165) is 27.2 Å². The van der Waals surface area contributed by atoms with Crippen LogP contribution in [0, 0.1) is 0 Å². The number of nitrogens with zero attached hydrogens (tertiary/aromatic N) is 1. The quantitative estimate of drug-likeness (QED) is 0.748. The van der Waals surface area contributed by atoms with Crippen molar-refractivity contribution in [1.82, 2.24) is 0 Å². The zero-order chi connectivity index (χ0) is 14.4. The Labute approximate surface area is 127 Å². The van der Waals surface area contributed by atoms with E-state index in [2.05, 4.69) is 20.9 Å². The van der Waals surface area contributed by atoms with Gasteiger partial charge in [-0.25, -0.2) is 0 Å². The second kappa shape index (κ2) is 7.10. The average Bonchev–Trinajstić information content (AvgIpc) is 2.48. The van der Waals surface area contributed by atoms with Gasteiger partial charge < -0.3 is 9.47 Å². The van der Waals surface area contributed by atoms with Crippen LogP contribution in [0.5, 0.6) is 11.5 Å². The van der Waals surface area contributed by atoms with Gasteiger partial charge in [0.15, 0.2) is 0 Å². The molecule has 0 saturated heterocycles. The van der Waals surface area contributed by atoms with Gasteiger partial charge in [0.05, 0.1) is 23.9 Å². The van der Waals surface area contributed by atoms with E-state index in [1.54, 1.807) is 7.11 Å². The lowest BCUT2D eigenvalue weighted by molar-refractivity contribution is 0.338. The molecule has 0 aliphatic carbocycles. The van der Waals surface area contributed by atoms with Crippen molar-refractivity contribution in [3.63, 3.8) is 0 Å². The summed E-state index contributed by atoms with van der Waals surface area (Å²) in [4.78, 5) is 4.43. The van der Waals surface area contributed by atoms with E-state index >= 15 is 0 Å². The first kappa shape index (κ1) is 14.6. The predicted octanol–water partition coefficient (Wildman–Crippen LogP) is 4.61. The number of ether oxygens (including phenoxy) is 2. The molecule has 2 aromatic carbocycles. The number of halogens is 1. The van der Waals surface area contributed by atoms with Gasteiger partial charge in [-0.3, -0.25) is 4.99 Å². The molecule has 0 aliphatic rings. The lowest BCUT2D eigenvalue weighted by Crippen LogP contribution is -1.93. The predicted molar refractivity (Wildman–Crippen MR) is 85.6 cm³/mol. The van der Waals surface area contributed by atoms with Crippen LogP contribution in [-0.4, -0.2) is 19.9 Å². The summed E-state index contributed by atoms with van der Waals surface area (Å²) in [6.45, 7) is 2.61. The molecule has 0 bridgehead atoms. The molecule has 3 nitrogen and oxygen atoms in total. The molecule has 0 spiro atoms. The van der Waals surface area contributed by atoms with Gasteiger partial charge in [-0.1, -0.05) is 0 Å². The van der Waals surface area contributed by atoms with Crippen LogP contribution in [0.2, 0.25) is 0 Å². The monoisotopic (exact) mass is 333 g/mol. The van der Waals surface area contributed by atoms with E-state index in [0.29, 0.717) is 6.61 Å². The summed E-state index contributed by atoms with van der Waals surface area (Å²) in [7, 11) is 1.65. The molecule has 2 aromatic rings. The SMILES string of the molecule is CCOc1ccc(C=Nc2ccc(OC)cc2)cc1Br. The van der Waals surface area contributed by atoms with Crippen molar-refractivity contribution in [2.75, 3.05) is 13.7 Å². The molecule has 0 radical (unpaired) electrons. The van der Waals surface area contributed by atoms with Crippen LogP contribution >= 0.6 is 15.9 Å². The van der Waals surface area contributed by atoms with Crippen molar-refractivity contribution in [2.24, 2.45) is 4.99 Å². The maximum absolute atomic E-state index is 5.47. The van der Waals surface area contributed by atoms with Crippen molar-refractivity contribution in [2.45, 2.75) is 6.92 Å². The minimum absolute atomic E-state index is 0.651. The Kier molecular flexibility index (Phi) is 5.18. The smallest absolute Gasteiger partial charge is 0.133 e. The molecule has 0 N–H and O–H groups in total. The first-order chi connectivity index (χ1) is 9.72. The molecule has 0 unspecified atom stereocenters. The molecule has 0 amide bonds. The van der Waals surface area contributed by atoms with Gasteiger partial charge in [0.25, 0.3) is 0 Å². The maximum Gasteiger partial charge on any atom is 0.133 e. The molecule has 0 aromatic heterocycles. The van der Waals surface area contributed by atoms with Gasteiger partial charge in [-0.2, -0.15) is 0 Å². The molecule has 0 heterocycles. The van der Waals surface area contributed by atoms with Crippen LogP contribution in [0.15, 0.2) is 51.9 Å². The standard InChI is InChI=1S/C16H16BrNO2/c1-3-20-16-9-4-12(10-15(16)17)11-18-13-5-7-14(19-2)8-6-13/h4-11H,3H2,1-2H3. The third kappa shape index (κ3) is 3.84. The van der Waals surface area contributed by atoms with E-state index in [1.807, 2.05) is 55.6 Å². The molecular formula is C16H16BrNO2. The highest BCUT2D eigenvalue weighted by Crippen LogP contribution is 2.25. The molecule has 0 atom stereocenters. The lowest BCUT2D eigenvalue weighted by Gasteiger charge is -2.05. The Bertz CT molecular complexity index is 594. The third-order valence-electron chi connectivity index (χ3n) is 2.69. The van der Waals surface area contributed by atoms with Gasteiger partial charge in [-0.15, -0.1) is 0 Å². The first-order valence-electron chi connectivity index (χ1n) is 6.33. The van der Waals surface area contributed by atoms with Crippen LogP contribution in [-0.2, 0) is 0 Å². The minimum atomic E-state index is 0.651. The fourth-order valence-electron chi connectivity index (χ4n) is 1.69. The van der Waals surface area contributed by atoms with Gasteiger partial charge in [0, 0.05) is 6.21 Å². The number of benzene rings is 2. The number of methoxy groups -OCH3 is 1. The normalized spacial score (nSPS) is 10.8. The Hall–Kier alpha value is -1.81. The van der Waals surface area contributed by atoms with Crippen LogP contribution in [0.4, 0.5) is 5.69 Å². The van der Waals surface area contributed by atoms with Crippen LogP contribution < -0.4 is 9.47 Å². The average molecular weight is 334 g/mol. The molecule has 2 rings (SSSR count). The molecule has 0 aliphatic heterocycles. The van der Waals surface area contributed by atoms with E-state index in [4.69, 9.17) is 9.47 Å². The zero-order valence-electron chi connectivity index (χ0n) is 11.5. The van der Waals surface area contributed by atoms with Gasteiger partial charge in [-0.05, 0) is 70.9 Å². The van der Waals surface area contributed by atoms with Crippen molar-refractivity contribution < 1.29 is 9.47 Å². The van der Waals surface area contributed by atoms with E-state index in [9.17, 15) is 0 Å². The number of rotatable bonds is 5. The summed E-state index contributed by atoms with van der Waals surface area (Å²) >= 11 is 3.49. The summed E-state index contributed by atoms with van der Waals surface area (Å²) in [6.07, 6.45) is 1.82. The van der Waals surface area contributed by atoms with Gasteiger partial charge in [0.1, 0.15) is 11.5 Å². The second-order valence-corrected chi connectivity index (χ2v) is 4.93.